The molecule has 0 spiro atoms. The van der Waals surface area contributed by atoms with E-state index < -0.39 is 8.80 Å². The Kier molecular flexibility index (Phi) is 10.6. The summed E-state index contributed by atoms with van der Waals surface area (Å²) in [5, 5.41) is 0.631. The molecular formula is C16H23NO3S7Si. The second-order valence-electron chi connectivity index (χ2n) is 6.10. The van der Waals surface area contributed by atoms with Gasteiger partial charge in [0, 0.05) is 32.1 Å². The van der Waals surface area contributed by atoms with Gasteiger partial charge in [0.25, 0.3) is 0 Å². The third kappa shape index (κ3) is 6.41. The van der Waals surface area contributed by atoms with E-state index in [-0.39, 0.29) is 0 Å². The van der Waals surface area contributed by atoms with E-state index in [1.165, 1.54) is 17.5 Å². The van der Waals surface area contributed by atoms with Crippen LogP contribution in [0.15, 0.2) is 28.6 Å². The molecule has 1 heterocycles. The highest BCUT2D eigenvalue weighted by molar-refractivity contribution is 9.41. The van der Waals surface area contributed by atoms with Crippen molar-refractivity contribution in [1.82, 2.24) is 4.98 Å². The molecule has 1 aromatic heterocycles. The van der Waals surface area contributed by atoms with Gasteiger partial charge in [0.15, 0.2) is 4.34 Å². The molecule has 0 N–H and O–H groups in total. The molecule has 2 aromatic rings. The Morgan fingerprint density at radius 2 is 1.75 bits per heavy atom. The number of aromatic nitrogens is 1. The fourth-order valence-electron chi connectivity index (χ4n) is 3.33. The summed E-state index contributed by atoms with van der Waals surface area (Å²) in [6.07, 6.45) is 4.72. The van der Waals surface area contributed by atoms with Gasteiger partial charge in [0.1, 0.15) is 0 Å². The number of nitrogens with zero attached hydrogens (tertiary/aromatic N) is 1. The molecule has 4 nitrogen and oxygen atoms in total. The van der Waals surface area contributed by atoms with Crippen molar-refractivity contribution in [3.05, 3.63) is 24.3 Å². The third-order valence-corrected chi connectivity index (χ3v) is 20.3. The van der Waals surface area contributed by atoms with Crippen LogP contribution in [0.2, 0.25) is 5.54 Å². The van der Waals surface area contributed by atoms with Crippen LogP contribution in [0.1, 0.15) is 25.7 Å². The van der Waals surface area contributed by atoms with E-state index >= 15 is 0 Å². The van der Waals surface area contributed by atoms with Crippen LogP contribution in [-0.4, -0.2) is 40.4 Å². The van der Waals surface area contributed by atoms with Crippen LogP contribution in [0.25, 0.3) is 10.2 Å². The third-order valence-electron chi connectivity index (χ3n) is 4.62. The lowest BCUT2D eigenvalue weighted by atomic mass is 9.99. The summed E-state index contributed by atoms with van der Waals surface area (Å²) in [7, 11) is 13.7. The van der Waals surface area contributed by atoms with Crippen LogP contribution < -0.4 is 0 Å². The zero-order valence-corrected chi connectivity index (χ0v) is 22.5. The average Bonchev–Trinajstić information content (AvgIpc) is 3.15. The van der Waals surface area contributed by atoms with Gasteiger partial charge in [-0.05, 0) is 81.5 Å². The van der Waals surface area contributed by atoms with Gasteiger partial charge in [-0.2, -0.15) is 0 Å². The first kappa shape index (κ1) is 24.0. The summed E-state index contributed by atoms with van der Waals surface area (Å²) in [5.74, 6) is 0. The molecule has 0 saturated heterocycles. The standard InChI is InChI=1S/C16H23NO3S7Si/c1-18-28(19-2,20-3)13-8-6-7-12(11-13)22-24-26-27-25-23-16-17-14-9-4-5-10-15(14)21-16/h4-5,9-10,12-13H,6-8,11H2,1-3H3. The minimum atomic E-state index is -2.52. The molecule has 28 heavy (non-hydrogen) atoms. The number of para-hydroxylation sites is 1. The van der Waals surface area contributed by atoms with Crippen molar-refractivity contribution in [2.75, 3.05) is 21.3 Å². The van der Waals surface area contributed by atoms with E-state index in [4.69, 9.17) is 13.3 Å². The molecule has 1 aromatic carbocycles. The highest BCUT2D eigenvalue weighted by atomic mass is 33.9. The highest BCUT2D eigenvalue weighted by Crippen LogP contribution is 2.57. The SMILES string of the molecule is CO[Si](OC)(OC)C1CCCC(SSSSSSc2nc3ccccc3s2)C1. The second-order valence-corrected chi connectivity index (χ2v) is 20.2. The van der Waals surface area contributed by atoms with Crippen molar-refractivity contribution in [3.8, 4) is 0 Å². The normalized spacial score (nSPS) is 20.7. The van der Waals surface area contributed by atoms with E-state index in [1.807, 2.05) is 36.5 Å². The molecule has 1 aliphatic rings. The lowest BCUT2D eigenvalue weighted by Gasteiger charge is -2.37. The topological polar surface area (TPSA) is 40.6 Å². The molecule has 2 atom stereocenters. The molecule has 2 unspecified atom stereocenters. The first-order valence-corrected chi connectivity index (χ1v) is 18.9. The average molecular weight is 530 g/mol. The minimum absolute atomic E-state index is 0.404. The number of benzene rings is 1. The molecule has 12 heteroatoms. The summed E-state index contributed by atoms with van der Waals surface area (Å²) < 4.78 is 19.5. The van der Waals surface area contributed by atoms with Gasteiger partial charge in [-0.25, -0.2) is 4.98 Å². The molecule has 1 aliphatic carbocycles. The quantitative estimate of drug-likeness (QED) is 0.163. The first-order chi connectivity index (χ1) is 13.7. The highest BCUT2D eigenvalue weighted by Gasteiger charge is 2.48. The number of rotatable bonds is 11. The summed E-state index contributed by atoms with van der Waals surface area (Å²) in [5.41, 5.74) is 1.49. The van der Waals surface area contributed by atoms with Crippen LogP contribution in [0.4, 0.5) is 0 Å². The lowest BCUT2D eigenvalue weighted by Crippen LogP contribution is -2.49. The zero-order chi connectivity index (χ0) is 19.8. The Morgan fingerprint density at radius 3 is 2.50 bits per heavy atom. The van der Waals surface area contributed by atoms with Crippen molar-refractivity contribution in [2.45, 2.75) is 40.8 Å². The maximum absolute atomic E-state index is 5.70. The van der Waals surface area contributed by atoms with Gasteiger partial charge in [0.05, 0.1) is 10.2 Å². The molecule has 0 aliphatic heterocycles. The first-order valence-electron chi connectivity index (χ1n) is 8.71. The molecule has 0 amide bonds. The minimum Gasteiger partial charge on any atom is -0.377 e. The van der Waals surface area contributed by atoms with Crippen molar-refractivity contribution in [1.29, 1.82) is 0 Å². The van der Waals surface area contributed by atoms with E-state index in [0.717, 1.165) is 22.7 Å². The van der Waals surface area contributed by atoms with Crippen LogP contribution >= 0.6 is 72.2 Å². The van der Waals surface area contributed by atoms with Crippen molar-refractivity contribution in [2.24, 2.45) is 0 Å². The van der Waals surface area contributed by atoms with E-state index in [9.17, 15) is 0 Å². The second kappa shape index (κ2) is 12.4. The van der Waals surface area contributed by atoms with Gasteiger partial charge >= 0.3 is 8.80 Å². The van der Waals surface area contributed by atoms with Crippen molar-refractivity contribution < 1.29 is 13.3 Å². The van der Waals surface area contributed by atoms with Gasteiger partial charge in [0.2, 0.25) is 0 Å². The van der Waals surface area contributed by atoms with Gasteiger partial charge in [-0.1, -0.05) is 29.3 Å². The van der Waals surface area contributed by atoms with E-state index in [2.05, 4.69) is 23.2 Å². The van der Waals surface area contributed by atoms with Crippen molar-refractivity contribution >= 4 is 91.2 Å². The Morgan fingerprint density at radius 1 is 1.00 bits per heavy atom. The number of thiazole rings is 1. The summed E-state index contributed by atoms with van der Waals surface area (Å²) in [4.78, 5) is 4.65. The predicted molar refractivity (Wildman–Crippen MR) is 136 cm³/mol. The lowest BCUT2D eigenvalue weighted by molar-refractivity contribution is 0.105. The van der Waals surface area contributed by atoms with E-state index in [1.54, 1.807) is 63.1 Å². The number of hydrogen-bond donors (Lipinski definition) is 0. The molecule has 0 radical (unpaired) electrons. The zero-order valence-electron chi connectivity index (χ0n) is 15.8. The Balaban J connectivity index is 1.34. The van der Waals surface area contributed by atoms with Gasteiger partial charge in [-0.3, -0.25) is 0 Å². The summed E-state index contributed by atoms with van der Waals surface area (Å²) >= 11 is 1.76. The van der Waals surface area contributed by atoms with Gasteiger partial charge in [-0.15, -0.1) is 11.3 Å². The monoisotopic (exact) mass is 529 g/mol. The van der Waals surface area contributed by atoms with Crippen LogP contribution in [-0.2, 0) is 13.3 Å². The Labute approximate surface area is 194 Å². The van der Waals surface area contributed by atoms with Gasteiger partial charge < -0.3 is 13.3 Å². The molecular weight excluding hydrogens is 507 g/mol. The van der Waals surface area contributed by atoms with Crippen LogP contribution in [0.3, 0.4) is 0 Å². The maximum atomic E-state index is 5.70. The van der Waals surface area contributed by atoms with E-state index in [0.29, 0.717) is 10.8 Å². The van der Waals surface area contributed by atoms with Crippen molar-refractivity contribution in [3.63, 3.8) is 0 Å². The maximum Gasteiger partial charge on any atom is 0.503 e. The largest absolute Gasteiger partial charge is 0.503 e. The fraction of sp³-hybridized carbons (Fsp3) is 0.562. The summed E-state index contributed by atoms with van der Waals surface area (Å²) in [6, 6.07) is 8.30. The fourth-order valence-corrected chi connectivity index (χ4v) is 19.7. The Hall–Kier alpha value is 1.31. The summed E-state index contributed by atoms with van der Waals surface area (Å²) in [6.45, 7) is 0. The Bertz CT molecular complexity index is 692. The number of fused-ring (bicyclic) bond motifs is 1. The van der Waals surface area contributed by atoms with Crippen LogP contribution in [0.5, 0.6) is 0 Å². The molecule has 1 saturated carbocycles. The molecule has 0 bridgehead atoms. The smallest absolute Gasteiger partial charge is 0.377 e. The molecule has 156 valence electrons. The van der Waals surface area contributed by atoms with Crippen LogP contribution in [0, 0.1) is 0 Å². The number of hydrogen-bond acceptors (Lipinski definition) is 11. The predicted octanol–water partition coefficient (Wildman–Crippen LogP) is 7.82. The molecule has 1 fully saturated rings. The molecule has 3 rings (SSSR count).